The third kappa shape index (κ3) is 3.07. The molecule has 2 heterocycles. The first-order chi connectivity index (χ1) is 10.3. The lowest BCUT2D eigenvalue weighted by molar-refractivity contribution is 0.628. The molecule has 2 nitrogen and oxygen atoms in total. The molecule has 5 heteroatoms. The van der Waals surface area contributed by atoms with Crippen LogP contribution >= 0.6 is 22.7 Å². The van der Waals surface area contributed by atoms with Gasteiger partial charge in [0.1, 0.15) is 16.9 Å². The minimum atomic E-state index is -0.292. The highest BCUT2D eigenvalue weighted by atomic mass is 32.1. The van der Waals surface area contributed by atoms with Gasteiger partial charge in [-0.2, -0.15) is 5.26 Å². The van der Waals surface area contributed by atoms with Crippen LogP contribution in [-0.2, 0) is 0 Å². The van der Waals surface area contributed by atoms with Crippen molar-refractivity contribution in [2.24, 2.45) is 0 Å². The van der Waals surface area contributed by atoms with E-state index < -0.39 is 0 Å². The molecule has 3 aromatic rings. The molecular weight excluding hydrogens is 303 g/mol. The predicted octanol–water partition coefficient (Wildman–Crippen LogP) is 5.07. The number of thiazole rings is 1. The van der Waals surface area contributed by atoms with Gasteiger partial charge < -0.3 is 0 Å². The third-order valence-corrected chi connectivity index (χ3v) is 4.58. The van der Waals surface area contributed by atoms with Crippen LogP contribution in [0.15, 0.2) is 47.2 Å². The van der Waals surface area contributed by atoms with Crippen molar-refractivity contribution in [3.63, 3.8) is 0 Å². The number of allylic oxidation sites excluding steroid dienone is 1. The summed E-state index contributed by atoms with van der Waals surface area (Å²) in [7, 11) is 0. The van der Waals surface area contributed by atoms with Crippen molar-refractivity contribution in [2.75, 3.05) is 0 Å². The quantitative estimate of drug-likeness (QED) is 0.633. The maximum atomic E-state index is 12.9. The van der Waals surface area contributed by atoms with E-state index in [0.717, 1.165) is 16.1 Å². The summed E-state index contributed by atoms with van der Waals surface area (Å²) in [6.45, 7) is 0. The van der Waals surface area contributed by atoms with Gasteiger partial charge in [-0.15, -0.1) is 22.7 Å². The number of halogens is 1. The van der Waals surface area contributed by atoms with E-state index in [9.17, 15) is 9.65 Å². The molecule has 102 valence electrons. The van der Waals surface area contributed by atoms with E-state index in [1.54, 1.807) is 29.5 Å². The summed E-state index contributed by atoms with van der Waals surface area (Å²) < 4.78 is 12.9. The van der Waals surface area contributed by atoms with E-state index in [4.69, 9.17) is 0 Å². The van der Waals surface area contributed by atoms with Crippen LogP contribution in [0.3, 0.4) is 0 Å². The average Bonchev–Trinajstić information content (AvgIpc) is 3.17. The molecule has 1 aromatic carbocycles. The lowest BCUT2D eigenvalue weighted by Gasteiger charge is -1.95. The molecule has 0 amide bonds. The summed E-state index contributed by atoms with van der Waals surface area (Å²) in [5, 5.41) is 13.9. The summed E-state index contributed by atoms with van der Waals surface area (Å²) in [5.41, 5.74) is 2.14. The number of benzene rings is 1. The molecule has 21 heavy (non-hydrogen) atoms. The zero-order chi connectivity index (χ0) is 14.7. The van der Waals surface area contributed by atoms with Crippen LogP contribution in [0.25, 0.3) is 22.2 Å². The highest BCUT2D eigenvalue weighted by Gasteiger charge is 2.09. The molecule has 0 saturated carbocycles. The van der Waals surface area contributed by atoms with Gasteiger partial charge in [0.15, 0.2) is 0 Å². The second-order valence-corrected chi connectivity index (χ2v) is 6.04. The van der Waals surface area contributed by atoms with Crippen molar-refractivity contribution in [2.45, 2.75) is 0 Å². The van der Waals surface area contributed by atoms with Crippen molar-refractivity contribution in [3.05, 3.63) is 63.5 Å². The average molecular weight is 312 g/mol. The van der Waals surface area contributed by atoms with Gasteiger partial charge >= 0.3 is 0 Å². The van der Waals surface area contributed by atoms with Crippen molar-refractivity contribution < 1.29 is 4.39 Å². The van der Waals surface area contributed by atoms with Crippen LogP contribution in [0.4, 0.5) is 4.39 Å². The molecule has 0 fully saturated rings. The number of nitrogens with zero attached hydrogens (tertiary/aromatic N) is 2. The molecule has 0 radical (unpaired) electrons. The van der Waals surface area contributed by atoms with Crippen molar-refractivity contribution in [3.8, 4) is 16.6 Å². The summed E-state index contributed by atoms with van der Waals surface area (Å²) in [4.78, 5) is 5.58. The van der Waals surface area contributed by atoms with Gasteiger partial charge in [-0.25, -0.2) is 9.37 Å². The van der Waals surface area contributed by atoms with Crippen LogP contribution in [0, 0.1) is 17.1 Å². The Hall–Kier alpha value is -2.29. The Morgan fingerprint density at radius 2 is 2.00 bits per heavy atom. The number of hydrogen-bond donors (Lipinski definition) is 0. The molecule has 0 unspecified atom stereocenters. The standard InChI is InChI=1S/C16H9FN2S2/c17-13-5-3-11(4-6-13)8-12(9-18)16-19-14(10-21-16)15-2-1-7-20-15/h1-8,10H/b12-8+. The summed E-state index contributed by atoms with van der Waals surface area (Å²) in [6.07, 6.45) is 1.72. The minimum absolute atomic E-state index is 0.292. The fourth-order valence-corrected chi connectivity index (χ4v) is 3.35. The Morgan fingerprint density at radius 3 is 2.67 bits per heavy atom. The van der Waals surface area contributed by atoms with E-state index in [0.29, 0.717) is 10.6 Å². The number of nitriles is 1. The van der Waals surface area contributed by atoms with E-state index in [1.807, 2.05) is 22.9 Å². The Bertz CT molecular complexity index is 809. The van der Waals surface area contributed by atoms with Gasteiger partial charge in [0, 0.05) is 5.38 Å². The molecule has 0 spiro atoms. The first kappa shape index (κ1) is 13.7. The number of hydrogen-bond acceptors (Lipinski definition) is 4. The highest BCUT2D eigenvalue weighted by molar-refractivity contribution is 7.14. The molecule has 0 aliphatic carbocycles. The van der Waals surface area contributed by atoms with E-state index in [-0.39, 0.29) is 5.82 Å². The predicted molar refractivity (Wildman–Crippen MR) is 85.3 cm³/mol. The number of rotatable bonds is 3. The highest BCUT2D eigenvalue weighted by Crippen LogP contribution is 2.29. The van der Waals surface area contributed by atoms with Gasteiger partial charge in [0.2, 0.25) is 0 Å². The molecule has 0 bridgehead atoms. The van der Waals surface area contributed by atoms with Crippen LogP contribution in [0.5, 0.6) is 0 Å². The third-order valence-electron chi connectivity index (χ3n) is 2.81. The second kappa shape index (κ2) is 6.00. The fourth-order valence-electron chi connectivity index (χ4n) is 1.80. The maximum Gasteiger partial charge on any atom is 0.134 e. The molecule has 2 aromatic heterocycles. The lowest BCUT2D eigenvalue weighted by Crippen LogP contribution is -1.82. The van der Waals surface area contributed by atoms with Crippen LogP contribution in [0.1, 0.15) is 10.6 Å². The van der Waals surface area contributed by atoms with Gasteiger partial charge in [0.25, 0.3) is 0 Å². The molecular formula is C16H9FN2S2. The molecule has 0 atom stereocenters. The maximum absolute atomic E-state index is 12.9. The minimum Gasteiger partial charge on any atom is -0.234 e. The van der Waals surface area contributed by atoms with Crippen molar-refractivity contribution >= 4 is 34.3 Å². The summed E-state index contributed by atoms with van der Waals surface area (Å²) in [6, 6.07) is 12.2. The molecule has 0 aliphatic heterocycles. The van der Waals surface area contributed by atoms with E-state index >= 15 is 0 Å². The van der Waals surface area contributed by atoms with E-state index in [2.05, 4.69) is 11.1 Å². The Balaban J connectivity index is 1.94. The van der Waals surface area contributed by atoms with Crippen LogP contribution in [-0.4, -0.2) is 4.98 Å². The summed E-state index contributed by atoms with van der Waals surface area (Å²) in [5.74, 6) is -0.292. The molecule has 0 aliphatic rings. The fraction of sp³-hybridized carbons (Fsp3) is 0. The summed E-state index contributed by atoms with van der Waals surface area (Å²) >= 11 is 3.05. The molecule has 0 saturated heterocycles. The van der Waals surface area contributed by atoms with Gasteiger partial charge in [-0.05, 0) is 35.2 Å². The first-order valence-corrected chi connectivity index (χ1v) is 7.89. The van der Waals surface area contributed by atoms with Gasteiger partial charge in [-0.1, -0.05) is 18.2 Å². The Morgan fingerprint density at radius 1 is 1.19 bits per heavy atom. The normalized spacial score (nSPS) is 11.3. The zero-order valence-corrected chi connectivity index (χ0v) is 12.4. The monoisotopic (exact) mass is 312 g/mol. The van der Waals surface area contributed by atoms with Crippen molar-refractivity contribution in [1.82, 2.24) is 4.98 Å². The first-order valence-electron chi connectivity index (χ1n) is 6.13. The molecule has 3 rings (SSSR count). The smallest absolute Gasteiger partial charge is 0.134 e. The SMILES string of the molecule is N#C/C(=C\c1ccc(F)cc1)c1nc(-c2cccs2)cs1. The molecule has 0 N–H and O–H groups in total. The van der Waals surface area contributed by atoms with Gasteiger partial charge in [0.05, 0.1) is 16.1 Å². The van der Waals surface area contributed by atoms with Crippen LogP contribution < -0.4 is 0 Å². The number of thiophene rings is 1. The number of aromatic nitrogens is 1. The Kier molecular flexibility index (Phi) is 3.91. The zero-order valence-electron chi connectivity index (χ0n) is 10.8. The Labute approximate surface area is 129 Å². The van der Waals surface area contributed by atoms with Gasteiger partial charge in [-0.3, -0.25) is 0 Å². The van der Waals surface area contributed by atoms with Crippen molar-refractivity contribution in [1.29, 1.82) is 5.26 Å². The second-order valence-electron chi connectivity index (χ2n) is 4.24. The van der Waals surface area contributed by atoms with Crippen LogP contribution in [0.2, 0.25) is 0 Å². The lowest BCUT2D eigenvalue weighted by atomic mass is 10.1. The van der Waals surface area contributed by atoms with E-state index in [1.165, 1.54) is 23.5 Å². The topological polar surface area (TPSA) is 36.7 Å². The largest absolute Gasteiger partial charge is 0.234 e.